The molecule has 1 N–H and O–H groups in total. The smallest absolute Gasteiger partial charge is 0.261 e. The van der Waals surface area contributed by atoms with Crippen molar-refractivity contribution >= 4 is 27.7 Å². The van der Waals surface area contributed by atoms with Crippen LogP contribution in [0.2, 0.25) is 0 Å². The number of benzene rings is 3. The first-order valence-electron chi connectivity index (χ1n) is 11.8. The van der Waals surface area contributed by atoms with Crippen LogP contribution < -0.4 is 14.8 Å². The average molecular weight is 553 g/mol. The Morgan fingerprint density at radius 2 is 1.56 bits per heavy atom. The van der Waals surface area contributed by atoms with E-state index in [1.807, 2.05) is 75.4 Å². The Labute approximate surface area is 221 Å². The van der Waals surface area contributed by atoms with Gasteiger partial charge >= 0.3 is 0 Å². The molecule has 1 atom stereocenters. The van der Waals surface area contributed by atoms with Crippen LogP contribution in [0.3, 0.4) is 0 Å². The van der Waals surface area contributed by atoms with Crippen molar-refractivity contribution in [3.05, 3.63) is 94.5 Å². The van der Waals surface area contributed by atoms with E-state index in [0.29, 0.717) is 17.9 Å². The van der Waals surface area contributed by atoms with E-state index < -0.39 is 11.6 Å². The lowest BCUT2D eigenvalue weighted by Gasteiger charge is -2.33. The number of carbonyl (C=O) groups excluding carboxylic acids is 2. The van der Waals surface area contributed by atoms with E-state index in [0.717, 1.165) is 15.6 Å². The van der Waals surface area contributed by atoms with E-state index >= 15 is 0 Å². The van der Waals surface area contributed by atoms with Crippen molar-refractivity contribution < 1.29 is 19.1 Å². The van der Waals surface area contributed by atoms with E-state index in [1.165, 1.54) is 0 Å². The van der Waals surface area contributed by atoms with E-state index in [4.69, 9.17) is 9.47 Å². The van der Waals surface area contributed by atoms with Crippen molar-refractivity contribution in [2.24, 2.45) is 0 Å². The summed E-state index contributed by atoms with van der Waals surface area (Å²) in [6, 6.07) is 23.8. The van der Waals surface area contributed by atoms with Gasteiger partial charge in [0.2, 0.25) is 5.91 Å². The highest BCUT2D eigenvalue weighted by Crippen LogP contribution is 2.20. The Balaban J connectivity index is 1.91. The molecule has 0 radical (unpaired) electrons. The number of rotatable bonds is 10. The minimum absolute atomic E-state index is 0.200. The second kappa shape index (κ2) is 12.6. The molecule has 0 unspecified atom stereocenters. The van der Waals surface area contributed by atoms with Crippen LogP contribution in [0.25, 0.3) is 0 Å². The highest BCUT2D eigenvalue weighted by molar-refractivity contribution is 9.10. The molecule has 0 aliphatic heterocycles. The van der Waals surface area contributed by atoms with Gasteiger partial charge in [0.1, 0.15) is 17.5 Å². The van der Waals surface area contributed by atoms with Crippen LogP contribution in [-0.4, -0.2) is 42.0 Å². The highest BCUT2D eigenvalue weighted by atomic mass is 79.9. The van der Waals surface area contributed by atoms with Gasteiger partial charge < -0.3 is 19.7 Å². The summed E-state index contributed by atoms with van der Waals surface area (Å²) >= 11 is 3.50. The number of hydrogen-bond acceptors (Lipinski definition) is 4. The van der Waals surface area contributed by atoms with Crippen LogP contribution in [0.5, 0.6) is 11.5 Å². The predicted octanol–water partition coefficient (Wildman–Crippen LogP) is 5.39. The fourth-order valence-corrected chi connectivity index (χ4v) is 4.19. The van der Waals surface area contributed by atoms with Gasteiger partial charge in [0, 0.05) is 23.0 Å². The van der Waals surface area contributed by atoms with Crippen LogP contribution in [-0.2, 0) is 22.6 Å². The Hall–Kier alpha value is -3.32. The van der Waals surface area contributed by atoms with Crippen molar-refractivity contribution in [2.75, 3.05) is 13.7 Å². The van der Waals surface area contributed by atoms with Crippen molar-refractivity contribution in [1.29, 1.82) is 0 Å². The molecule has 6 nitrogen and oxygen atoms in total. The fraction of sp³-hybridized carbons (Fsp3) is 0.310. The minimum atomic E-state index is -0.724. The Bertz CT molecular complexity index is 1140. The molecule has 190 valence electrons. The summed E-state index contributed by atoms with van der Waals surface area (Å²) in [6.45, 7) is 5.85. The lowest BCUT2D eigenvalue weighted by molar-refractivity contribution is -0.143. The van der Waals surface area contributed by atoms with Crippen molar-refractivity contribution in [3.8, 4) is 11.5 Å². The summed E-state index contributed by atoms with van der Waals surface area (Å²) in [6.07, 6.45) is 0.380. The topological polar surface area (TPSA) is 67.9 Å². The number of amides is 2. The van der Waals surface area contributed by atoms with Crippen molar-refractivity contribution in [3.63, 3.8) is 0 Å². The normalized spacial score (nSPS) is 11.9. The first-order valence-corrected chi connectivity index (χ1v) is 12.6. The second-order valence-corrected chi connectivity index (χ2v) is 10.5. The summed E-state index contributed by atoms with van der Waals surface area (Å²) in [5.74, 6) is 0.756. The maximum atomic E-state index is 13.6. The number of carbonyl (C=O) groups is 2. The summed E-state index contributed by atoms with van der Waals surface area (Å²) in [7, 11) is 1.59. The largest absolute Gasteiger partial charge is 0.497 e. The first kappa shape index (κ1) is 27.3. The maximum absolute atomic E-state index is 13.6. The molecule has 3 rings (SSSR count). The van der Waals surface area contributed by atoms with Crippen LogP contribution >= 0.6 is 15.9 Å². The number of nitrogens with one attached hydrogen (secondary N) is 1. The SMILES string of the molecule is COc1ccc(OCC(=O)N(Cc2cccc(Br)c2)[C@H](Cc2ccccc2)C(=O)NC(C)(C)C)cc1. The Kier molecular flexibility index (Phi) is 9.53. The molecular weight excluding hydrogens is 520 g/mol. The average Bonchev–Trinajstić information content (AvgIpc) is 2.84. The fourth-order valence-electron chi connectivity index (χ4n) is 3.74. The van der Waals surface area contributed by atoms with Crippen molar-refractivity contribution in [1.82, 2.24) is 10.2 Å². The first-order chi connectivity index (χ1) is 17.1. The number of methoxy groups -OCH3 is 1. The molecule has 0 fully saturated rings. The van der Waals surface area contributed by atoms with E-state index in [2.05, 4.69) is 21.2 Å². The number of ether oxygens (including phenoxy) is 2. The standard InChI is InChI=1S/C29H33BrN2O4/c1-29(2,3)31-28(34)26(18-21-9-6-5-7-10-21)32(19-22-11-8-12-23(30)17-22)27(33)20-36-25-15-13-24(35-4)14-16-25/h5-17,26H,18-20H2,1-4H3,(H,31,34)/t26-/m1/s1. The monoisotopic (exact) mass is 552 g/mol. The van der Waals surface area contributed by atoms with Crippen LogP contribution in [0.1, 0.15) is 31.9 Å². The minimum Gasteiger partial charge on any atom is -0.497 e. The van der Waals surface area contributed by atoms with Gasteiger partial charge in [0.25, 0.3) is 5.91 Å². The van der Waals surface area contributed by atoms with Crippen LogP contribution in [0, 0.1) is 0 Å². The zero-order valence-electron chi connectivity index (χ0n) is 21.2. The van der Waals surface area contributed by atoms with E-state index in [-0.39, 0.29) is 25.0 Å². The summed E-state index contributed by atoms with van der Waals surface area (Å²) in [5, 5.41) is 3.06. The molecule has 0 spiro atoms. The molecule has 36 heavy (non-hydrogen) atoms. The molecule has 0 bridgehead atoms. The van der Waals surface area contributed by atoms with Gasteiger partial charge in [-0.25, -0.2) is 0 Å². The third-order valence-electron chi connectivity index (χ3n) is 5.43. The van der Waals surface area contributed by atoms with Gasteiger partial charge in [0.05, 0.1) is 7.11 Å². The van der Waals surface area contributed by atoms with Crippen LogP contribution in [0.4, 0.5) is 0 Å². The third-order valence-corrected chi connectivity index (χ3v) is 5.93. The number of halogens is 1. The lowest BCUT2D eigenvalue weighted by Crippen LogP contribution is -2.55. The predicted molar refractivity (Wildman–Crippen MR) is 145 cm³/mol. The lowest BCUT2D eigenvalue weighted by atomic mass is 10.0. The molecule has 7 heteroatoms. The zero-order chi connectivity index (χ0) is 26.1. The molecule has 0 aliphatic rings. The molecule has 0 aliphatic carbocycles. The zero-order valence-corrected chi connectivity index (χ0v) is 22.7. The molecule has 3 aromatic rings. The van der Waals surface area contributed by atoms with Crippen molar-refractivity contribution in [2.45, 2.75) is 45.3 Å². The number of hydrogen-bond donors (Lipinski definition) is 1. The molecular formula is C29H33BrN2O4. The van der Waals surface area contributed by atoms with Gasteiger partial charge in [-0.1, -0.05) is 58.4 Å². The Morgan fingerprint density at radius 3 is 2.17 bits per heavy atom. The van der Waals surface area contributed by atoms with Gasteiger partial charge in [-0.05, 0) is 68.3 Å². The van der Waals surface area contributed by atoms with E-state index in [9.17, 15) is 9.59 Å². The molecule has 0 saturated heterocycles. The van der Waals surface area contributed by atoms with Gasteiger partial charge in [-0.2, -0.15) is 0 Å². The summed E-state index contributed by atoms with van der Waals surface area (Å²) < 4.78 is 11.9. The molecule has 0 saturated carbocycles. The summed E-state index contributed by atoms with van der Waals surface area (Å²) in [5.41, 5.74) is 1.43. The molecule has 0 heterocycles. The van der Waals surface area contributed by atoms with Crippen LogP contribution in [0.15, 0.2) is 83.3 Å². The molecule has 2 amide bonds. The Morgan fingerprint density at radius 1 is 0.917 bits per heavy atom. The van der Waals surface area contributed by atoms with Gasteiger partial charge in [-0.3, -0.25) is 9.59 Å². The molecule has 0 aromatic heterocycles. The van der Waals surface area contributed by atoms with E-state index in [1.54, 1.807) is 36.3 Å². The summed E-state index contributed by atoms with van der Waals surface area (Å²) in [4.78, 5) is 28.8. The highest BCUT2D eigenvalue weighted by Gasteiger charge is 2.32. The second-order valence-electron chi connectivity index (χ2n) is 9.56. The quantitative estimate of drug-likeness (QED) is 0.366. The van der Waals surface area contributed by atoms with Gasteiger partial charge in [0.15, 0.2) is 6.61 Å². The maximum Gasteiger partial charge on any atom is 0.261 e. The molecule has 3 aromatic carbocycles. The third kappa shape index (κ3) is 8.41. The van der Waals surface area contributed by atoms with Gasteiger partial charge in [-0.15, -0.1) is 0 Å². The number of nitrogens with zero attached hydrogens (tertiary/aromatic N) is 1.